The summed E-state index contributed by atoms with van der Waals surface area (Å²) >= 11 is 0. The highest BCUT2D eigenvalue weighted by Gasteiger charge is 2.23. The molecule has 0 bridgehead atoms. The van der Waals surface area contributed by atoms with Gasteiger partial charge in [0.2, 0.25) is 0 Å². The molecule has 1 amide bonds. The zero-order valence-corrected chi connectivity index (χ0v) is 13.3. The first-order valence-electron chi connectivity index (χ1n) is 8.03. The predicted octanol–water partition coefficient (Wildman–Crippen LogP) is 2.79. The Kier molecular flexibility index (Phi) is 5.96. The van der Waals surface area contributed by atoms with Gasteiger partial charge in [0, 0.05) is 11.7 Å². The molecule has 5 nitrogen and oxygen atoms in total. The van der Waals surface area contributed by atoms with E-state index in [9.17, 15) is 14.0 Å². The summed E-state index contributed by atoms with van der Waals surface area (Å²) < 4.78 is 18.1. The zero-order chi connectivity index (χ0) is 16.8. The van der Waals surface area contributed by atoms with Gasteiger partial charge in [0.25, 0.3) is 5.91 Å². The van der Waals surface area contributed by atoms with Crippen LogP contribution in [0.5, 0.6) is 0 Å². The van der Waals surface area contributed by atoms with Crippen LogP contribution in [0, 0.1) is 5.82 Å². The molecule has 1 fully saturated rings. The Morgan fingerprint density at radius 3 is 2.52 bits per heavy atom. The number of rotatable bonds is 4. The number of carbonyl (C=O) groups excluding carboxylic acids is 2. The third-order valence-corrected chi connectivity index (χ3v) is 4.09. The van der Waals surface area contributed by atoms with Crippen LogP contribution in [0.4, 0.5) is 10.1 Å². The Morgan fingerprint density at radius 1 is 1.26 bits per heavy atom. The van der Waals surface area contributed by atoms with Crippen LogP contribution >= 0.6 is 0 Å². The largest absolute Gasteiger partial charge is 0.449 e. The van der Waals surface area contributed by atoms with Crippen molar-refractivity contribution < 1.29 is 18.7 Å². The highest BCUT2D eigenvalue weighted by atomic mass is 19.1. The van der Waals surface area contributed by atoms with Crippen molar-refractivity contribution in [1.82, 2.24) is 5.32 Å². The molecule has 23 heavy (non-hydrogen) atoms. The van der Waals surface area contributed by atoms with Crippen molar-refractivity contribution in [3.8, 4) is 0 Å². The number of hydrogen-bond donors (Lipinski definition) is 2. The highest BCUT2D eigenvalue weighted by molar-refractivity contribution is 5.96. The quantitative estimate of drug-likeness (QED) is 0.507. The normalized spacial score (nSPS) is 17.1. The monoisotopic (exact) mass is 322 g/mol. The molecule has 1 aliphatic rings. The van der Waals surface area contributed by atoms with Crippen molar-refractivity contribution in [1.29, 1.82) is 0 Å². The number of anilines is 1. The fourth-order valence-electron chi connectivity index (χ4n) is 2.74. The minimum absolute atomic E-state index is 0.00798. The number of benzene rings is 1. The number of nitrogens with two attached hydrogens (primary N) is 1. The van der Waals surface area contributed by atoms with Gasteiger partial charge in [-0.15, -0.1) is 0 Å². The van der Waals surface area contributed by atoms with Crippen LogP contribution in [0.1, 0.15) is 55.8 Å². The van der Waals surface area contributed by atoms with Crippen LogP contribution < -0.4 is 11.1 Å². The molecule has 0 unspecified atom stereocenters. The molecule has 0 saturated heterocycles. The second-order valence-corrected chi connectivity index (χ2v) is 5.98. The summed E-state index contributed by atoms with van der Waals surface area (Å²) in [6.07, 6.45) is 5.59. The van der Waals surface area contributed by atoms with Crippen molar-refractivity contribution in [2.45, 2.75) is 57.6 Å². The number of halogens is 1. The number of carbonyl (C=O) groups is 2. The van der Waals surface area contributed by atoms with E-state index in [1.54, 1.807) is 0 Å². The molecule has 0 spiro atoms. The first kappa shape index (κ1) is 17.2. The van der Waals surface area contributed by atoms with Crippen LogP contribution in [0.25, 0.3) is 0 Å². The van der Waals surface area contributed by atoms with E-state index in [2.05, 4.69) is 5.32 Å². The summed E-state index contributed by atoms with van der Waals surface area (Å²) in [6.45, 7) is 1.52. The Morgan fingerprint density at radius 2 is 1.91 bits per heavy atom. The topological polar surface area (TPSA) is 81.4 Å². The molecule has 1 aromatic carbocycles. The van der Waals surface area contributed by atoms with E-state index >= 15 is 0 Å². The fourth-order valence-corrected chi connectivity index (χ4v) is 2.74. The van der Waals surface area contributed by atoms with Crippen LogP contribution in [-0.2, 0) is 9.53 Å². The maximum atomic E-state index is 13.0. The van der Waals surface area contributed by atoms with Crippen molar-refractivity contribution in [3.63, 3.8) is 0 Å². The van der Waals surface area contributed by atoms with Gasteiger partial charge in [-0.3, -0.25) is 4.79 Å². The van der Waals surface area contributed by atoms with Crippen LogP contribution in [0.3, 0.4) is 0 Å². The molecule has 3 N–H and O–H groups in total. The molecule has 0 heterocycles. The van der Waals surface area contributed by atoms with Crippen molar-refractivity contribution in [3.05, 3.63) is 29.6 Å². The molecule has 0 aromatic heterocycles. The van der Waals surface area contributed by atoms with E-state index in [-0.39, 0.29) is 23.2 Å². The van der Waals surface area contributed by atoms with Crippen LogP contribution in [-0.4, -0.2) is 24.0 Å². The maximum Gasteiger partial charge on any atom is 0.341 e. The van der Waals surface area contributed by atoms with Crippen LogP contribution in [0.15, 0.2) is 18.2 Å². The molecular weight excluding hydrogens is 299 g/mol. The Hall–Kier alpha value is -2.11. The average Bonchev–Trinajstić information content (AvgIpc) is 2.75. The minimum Gasteiger partial charge on any atom is -0.449 e. The Bertz CT molecular complexity index is 569. The van der Waals surface area contributed by atoms with Gasteiger partial charge in [-0.05, 0) is 38.0 Å². The number of nitrogens with one attached hydrogen (secondary N) is 1. The summed E-state index contributed by atoms with van der Waals surface area (Å²) in [5, 5.41) is 2.93. The van der Waals surface area contributed by atoms with E-state index in [0.29, 0.717) is 0 Å². The SMILES string of the molecule is C[C@@H](OC(=O)c1ccc(F)cc1N)C(=O)NC1CCCCCC1. The zero-order valence-electron chi connectivity index (χ0n) is 13.3. The predicted molar refractivity (Wildman–Crippen MR) is 85.3 cm³/mol. The van der Waals surface area contributed by atoms with Crippen LogP contribution in [0.2, 0.25) is 0 Å². The molecule has 1 aromatic rings. The molecule has 0 aliphatic heterocycles. The number of nitrogen functional groups attached to an aromatic ring is 1. The minimum atomic E-state index is -0.921. The highest BCUT2D eigenvalue weighted by Crippen LogP contribution is 2.18. The lowest BCUT2D eigenvalue weighted by molar-refractivity contribution is -0.129. The molecule has 1 aliphatic carbocycles. The Balaban J connectivity index is 1.90. The van der Waals surface area contributed by atoms with E-state index in [1.165, 1.54) is 25.8 Å². The van der Waals surface area contributed by atoms with Crippen molar-refractivity contribution in [2.75, 3.05) is 5.73 Å². The van der Waals surface area contributed by atoms with Gasteiger partial charge in [0.05, 0.1) is 5.56 Å². The Labute approximate surface area is 135 Å². The van der Waals surface area contributed by atoms with Crippen molar-refractivity contribution >= 4 is 17.6 Å². The molecule has 6 heteroatoms. The number of amides is 1. The molecule has 126 valence electrons. The van der Waals surface area contributed by atoms with E-state index in [1.807, 2.05) is 0 Å². The van der Waals surface area contributed by atoms with Gasteiger partial charge in [0.15, 0.2) is 6.10 Å². The molecular formula is C17H23FN2O3. The van der Waals surface area contributed by atoms with E-state index in [0.717, 1.165) is 37.8 Å². The van der Waals surface area contributed by atoms with Gasteiger partial charge in [-0.1, -0.05) is 25.7 Å². The first-order chi connectivity index (χ1) is 11.0. The standard InChI is InChI=1S/C17H23FN2O3/c1-11(16(21)20-13-6-4-2-3-5-7-13)23-17(22)14-9-8-12(18)10-15(14)19/h8-11,13H,2-7,19H2,1H3,(H,20,21)/t11-/m1/s1. The summed E-state index contributed by atoms with van der Waals surface area (Å²) in [4.78, 5) is 24.2. The lowest BCUT2D eigenvalue weighted by Gasteiger charge is -2.20. The van der Waals surface area contributed by atoms with Gasteiger partial charge in [0.1, 0.15) is 5.82 Å². The molecule has 1 atom stereocenters. The lowest BCUT2D eigenvalue weighted by Crippen LogP contribution is -2.41. The summed E-state index contributed by atoms with van der Waals surface area (Å²) in [5.74, 6) is -1.57. The fraction of sp³-hybridized carbons (Fsp3) is 0.529. The maximum absolute atomic E-state index is 13.0. The third kappa shape index (κ3) is 4.94. The number of hydrogen-bond acceptors (Lipinski definition) is 4. The van der Waals surface area contributed by atoms with E-state index in [4.69, 9.17) is 10.5 Å². The van der Waals surface area contributed by atoms with Gasteiger partial charge in [-0.2, -0.15) is 0 Å². The average molecular weight is 322 g/mol. The van der Waals surface area contributed by atoms with Gasteiger partial charge >= 0.3 is 5.97 Å². The molecule has 1 saturated carbocycles. The van der Waals surface area contributed by atoms with Gasteiger partial charge < -0.3 is 15.8 Å². The second-order valence-electron chi connectivity index (χ2n) is 5.98. The summed E-state index contributed by atoms with van der Waals surface area (Å²) in [5.41, 5.74) is 5.65. The summed E-state index contributed by atoms with van der Waals surface area (Å²) in [7, 11) is 0. The van der Waals surface area contributed by atoms with Crippen molar-refractivity contribution in [2.24, 2.45) is 0 Å². The molecule has 2 rings (SSSR count). The number of ether oxygens (including phenoxy) is 1. The third-order valence-electron chi connectivity index (χ3n) is 4.09. The summed E-state index contributed by atoms with van der Waals surface area (Å²) in [6, 6.07) is 3.57. The lowest BCUT2D eigenvalue weighted by atomic mass is 10.1. The smallest absolute Gasteiger partial charge is 0.341 e. The number of esters is 1. The van der Waals surface area contributed by atoms with Gasteiger partial charge in [-0.25, -0.2) is 9.18 Å². The molecule has 0 radical (unpaired) electrons. The first-order valence-corrected chi connectivity index (χ1v) is 8.03. The van der Waals surface area contributed by atoms with E-state index < -0.39 is 17.9 Å². The second kappa shape index (κ2) is 7.94.